The molecule has 0 aliphatic rings. The van der Waals surface area contributed by atoms with Gasteiger partial charge in [0.25, 0.3) is 0 Å². The summed E-state index contributed by atoms with van der Waals surface area (Å²) in [5.74, 6) is -0.537. The molecule has 0 heterocycles. The van der Waals surface area contributed by atoms with Gasteiger partial charge < -0.3 is 10.8 Å². The van der Waals surface area contributed by atoms with E-state index < -0.39 is 5.91 Å². The Morgan fingerprint density at radius 3 is 2.18 bits per heavy atom. The van der Waals surface area contributed by atoms with Gasteiger partial charge in [-0.05, 0) is 5.92 Å². The number of carbonyl (C=O) groups is 1. The van der Waals surface area contributed by atoms with Crippen LogP contribution in [0.4, 0.5) is 0 Å². The third kappa shape index (κ3) is 2.72. The Morgan fingerprint density at radius 1 is 1.64 bits per heavy atom. The van der Waals surface area contributed by atoms with E-state index in [0.717, 1.165) is 0 Å². The second-order valence-corrected chi connectivity index (χ2v) is 2.92. The second-order valence-electron chi connectivity index (χ2n) is 2.92. The van der Waals surface area contributed by atoms with E-state index in [4.69, 9.17) is 10.8 Å². The topological polar surface area (TPSA) is 63.3 Å². The maximum absolute atomic E-state index is 10.6. The van der Waals surface area contributed by atoms with E-state index in [9.17, 15) is 4.79 Å². The molecule has 0 radical (unpaired) electrons. The van der Waals surface area contributed by atoms with Gasteiger partial charge in [0.05, 0.1) is 6.61 Å². The first-order valence-corrected chi connectivity index (χ1v) is 3.60. The zero-order valence-electron chi connectivity index (χ0n) is 7.00. The lowest BCUT2D eigenvalue weighted by Gasteiger charge is -2.18. The highest BCUT2D eigenvalue weighted by Crippen LogP contribution is 2.17. The van der Waals surface area contributed by atoms with Crippen molar-refractivity contribution in [3.63, 3.8) is 0 Å². The van der Waals surface area contributed by atoms with Crippen molar-refractivity contribution in [2.24, 2.45) is 17.6 Å². The molecule has 0 aromatic carbocycles. The molecule has 11 heavy (non-hydrogen) atoms. The third-order valence-electron chi connectivity index (χ3n) is 1.77. The Hall–Kier alpha value is -0.830. The van der Waals surface area contributed by atoms with Crippen LogP contribution in [0.2, 0.25) is 0 Å². The zero-order valence-corrected chi connectivity index (χ0v) is 7.00. The summed E-state index contributed by atoms with van der Waals surface area (Å²) in [6.45, 7) is 7.27. The third-order valence-corrected chi connectivity index (χ3v) is 1.77. The molecule has 0 aromatic heterocycles. The van der Waals surface area contributed by atoms with Gasteiger partial charge in [-0.2, -0.15) is 0 Å². The summed E-state index contributed by atoms with van der Waals surface area (Å²) in [5.41, 5.74) is 5.31. The first-order chi connectivity index (χ1) is 5.00. The summed E-state index contributed by atoms with van der Waals surface area (Å²) in [6.07, 6.45) is 0. The summed E-state index contributed by atoms with van der Waals surface area (Å²) in [5, 5.41) is 8.85. The Morgan fingerprint density at radius 2 is 2.09 bits per heavy atom. The molecule has 0 aliphatic carbocycles. The normalized spacial score (nSPS) is 13.1. The second kappa shape index (κ2) is 4.13. The van der Waals surface area contributed by atoms with E-state index >= 15 is 0 Å². The van der Waals surface area contributed by atoms with E-state index in [1.807, 2.05) is 13.8 Å². The summed E-state index contributed by atoms with van der Waals surface area (Å²) >= 11 is 0. The van der Waals surface area contributed by atoms with Crippen LogP contribution in [0.25, 0.3) is 0 Å². The highest BCUT2D eigenvalue weighted by atomic mass is 16.3. The van der Waals surface area contributed by atoms with Gasteiger partial charge in [-0.1, -0.05) is 20.4 Å². The molecule has 0 rings (SSSR count). The standard InChI is InChI=1S/C8H15NO2/c1-5(2)7(4-10)6(3)8(9)11/h5,7,10H,3-4H2,1-2H3,(H2,9,11)/t7-/m0/s1. The monoisotopic (exact) mass is 157 g/mol. The maximum Gasteiger partial charge on any atom is 0.244 e. The van der Waals surface area contributed by atoms with Crippen LogP contribution in [0.3, 0.4) is 0 Å². The van der Waals surface area contributed by atoms with Crippen LogP contribution in [0.5, 0.6) is 0 Å². The molecular formula is C8H15NO2. The molecule has 3 N–H and O–H groups in total. The summed E-state index contributed by atoms with van der Waals surface area (Å²) in [6, 6.07) is 0. The molecule has 64 valence electrons. The van der Waals surface area contributed by atoms with Crippen LogP contribution in [-0.2, 0) is 4.79 Å². The van der Waals surface area contributed by atoms with E-state index in [0.29, 0.717) is 5.57 Å². The number of aliphatic hydroxyl groups excluding tert-OH is 1. The molecule has 1 atom stereocenters. The number of aliphatic hydroxyl groups is 1. The van der Waals surface area contributed by atoms with E-state index in [-0.39, 0.29) is 18.4 Å². The molecule has 0 aromatic rings. The van der Waals surface area contributed by atoms with E-state index in [2.05, 4.69) is 6.58 Å². The molecule has 0 spiro atoms. The molecule has 3 nitrogen and oxygen atoms in total. The van der Waals surface area contributed by atoms with Crippen LogP contribution in [0, 0.1) is 11.8 Å². The lowest BCUT2D eigenvalue weighted by molar-refractivity contribution is -0.115. The van der Waals surface area contributed by atoms with Crippen LogP contribution >= 0.6 is 0 Å². The lowest BCUT2D eigenvalue weighted by Crippen LogP contribution is -2.25. The van der Waals surface area contributed by atoms with Crippen LogP contribution < -0.4 is 5.73 Å². The Bertz CT molecular complexity index is 163. The molecule has 0 fully saturated rings. The fraction of sp³-hybridized carbons (Fsp3) is 0.625. The molecular weight excluding hydrogens is 142 g/mol. The molecule has 0 aliphatic heterocycles. The fourth-order valence-corrected chi connectivity index (χ4v) is 0.906. The van der Waals surface area contributed by atoms with Gasteiger partial charge >= 0.3 is 0 Å². The number of hydrogen-bond donors (Lipinski definition) is 2. The minimum atomic E-state index is -0.530. The molecule has 0 unspecified atom stereocenters. The van der Waals surface area contributed by atoms with E-state index in [1.165, 1.54) is 0 Å². The molecule has 3 heteroatoms. The van der Waals surface area contributed by atoms with Gasteiger partial charge in [-0.3, -0.25) is 4.79 Å². The smallest absolute Gasteiger partial charge is 0.244 e. The van der Waals surface area contributed by atoms with Gasteiger partial charge in [-0.25, -0.2) is 0 Å². The fourth-order valence-electron chi connectivity index (χ4n) is 0.906. The van der Waals surface area contributed by atoms with Crippen molar-refractivity contribution < 1.29 is 9.90 Å². The molecule has 0 bridgehead atoms. The van der Waals surface area contributed by atoms with Crippen molar-refractivity contribution in [3.8, 4) is 0 Å². The van der Waals surface area contributed by atoms with E-state index in [1.54, 1.807) is 0 Å². The van der Waals surface area contributed by atoms with Crippen molar-refractivity contribution in [2.75, 3.05) is 6.61 Å². The SMILES string of the molecule is C=C(C(N)=O)[C@@H](CO)C(C)C. The largest absolute Gasteiger partial charge is 0.396 e. The first-order valence-electron chi connectivity index (χ1n) is 3.60. The van der Waals surface area contributed by atoms with Gasteiger partial charge in [0, 0.05) is 11.5 Å². The maximum atomic E-state index is 10.6. The Balaban J connectivity index is 4.26. The van der Waals surface area contributed by atoms with Crippen LogP contribution in [0.1, 0.15) is 13.8 Å². The summed E-state index contributed by atoms with van der Waals surface area (Å²) < 4.78 is 0. The van der Waals surface area contributed by atoms with Crippen LogP contribution in [0.15, 0.2) is 12.2 Å². The van der Waals surface area contributed by atoms with Crippen molar-refractivity contribution in [1.82, 2.24) is 0 Å². The number of rotatable bonds is 4. The Labute approximate surface area is 66.9 Å². The Kier molecular flexibility index (Phi) is 3.82. The summed E-state index contributed by atoms with van der Waals surface area (Å²) in [4.78, 5) is 10.6. The highest BCUT2D eigenvalue weighted by molar-refractivity contribution is 5.91. The molecule has 0 saturated heterocycles. The minimum Gasteiger partial charge on any atom is -0.396 e. The summed E-state index contributed by atoms with van der Waals surface area (Å²) in [7, 11) is 0. The van der Waals surface area contributed by atoms with Crippen LogP contribution in [-0.4, -0.2) is 17.6 Å². The highest BCUT2D eigenvalue weighted by Gasteiger charge is 2.18. The molecule has 1 amide bonds. The van der Waals surface area contributed by atoms with Gasteiger partial charge in [0.1, 0.15) is 0 Å². The zero-order chi connectivity index (χ0) is 9.02. The number of hydrogen-bond acceptors (Lipinski definition) is 2. The number of primary amides is 1. The number of carbonyl (C=O) groups excluding carboxylic acids is 1. The predicted molar refractivity (Wildman–Crippen MR) is 43.7 cm³/mol. The van der Waals surface area contributed by atoms with Gasteiger partial charge in [0.15, 0.2) is 0 Å². The van der Waals surface area contributed by atoms with Crippen molar-refractivity contribution in [2.45, 2.75) is 13.8 Å². The van der Waals surface area contributed by atoms with Crippen molar-refractivity contribution >= 4 is 5.91 Å². The number of amides is 1. The van der Waals surface area contributed by atoms with Crippen molar-refractivity contribution in [3.05, 3.63) is 12.2 Å². The van der Waals surface area contributed by atoms with Crippen molar-refractivity contribution in [1.29, 1.82) is 0 Å². The predicted octanol–water partition coefficient (Wildman–Crippen LogP) is 0.292. The average molecular weight is 157 g/mol. The van der Waals surface area contributed by atoms with Gasteiger partial charge in [0.2, 0.25) is 5.91 Å². The first kappa shape index (κ1) is 10.2. The lowest BCUT2D eigenvalue weighted by atomic mass is 9.89. The quantitative estimate of drug-likeness (QED) is 0.576. The minimum absolute atomic E-state index is 0.0700. The number of nitrogens with two attached hydrogens (primary N) is 1. The van der Waals surface area contributed by atoms with Gasteiger partial charge in [-0.15, -0.1) is 0 Å². The average Bonchev–Trinajstić information content (AvgIpc) is 1.88. The molecule has 0 saturated carbocycles.